The first kappa shape index (κ1) is 17.4. The number of nitrogens with one attached hydrogen (secondary N) is 1. The second-order valence-corrected chi connectivity index (χ2v) is 8.10. The standard InChI is InChI=1S/C21H23ClN2O2/c22-18-7-4-8-19(9-18)23-20(25)24-13-16-11-21(26,12-17(16)14-24)10-15-5-2-1-3-6-15/h1-9,16-17,26H,10-14H2,(H,23,25). The highest BCUT2D eigenvalue weighted by Gasteiger charge is 2.49. The molecule has 1 heterocycles. The maximum Gasteiger partial charge on any atom is 0.321 e. The van der Waals surface area contributed by atoms with Crippen molar-refractivity contribution in [3.05, 3.63) is 65.2 Å². The van der Waals surface area contributed by atoms with Crippen LogP contribution in [0, 0.1) is 11.8 Å². The molecule has 0 spiro atoms. The van der Waals surface area contributed by atoms with Gasteiger partial charge in [0.1, 0.15) is 0 Å². The van der Waals surface area contributed by atoms with Crippen LogP contribution in [0.2, 0.25) is 5.02 Å². The molecule has 4 nitrogen and oxygen atoms in total. The van der Waals surface area contributed by atoms with Crippen molar-refractivity contribution in [2.24, 2.45) is 11.8 Å². The van der Waals surface area contributed by atoms with E-state index < -0.39 is 5.60 Å². The predicted molar refractivity (Wildman–Crippen MR) is 103 cm³/mol. The van der Waals surface area contributed by atoms with Gasteiger partial charge in [-0.3, -0.25) is 0 Å². The van der Waals surface area contributed by atoms with Gasteiger partial charge in [0.15, 0.2) is 0 Å². The third-order valence-electron chi connectivity index (χ3n) is 5.60. The van der Waals surface area contributed by atoms with E-state index in [0.29, 0.717) is 42.1 Å². The fourth-order valence-electron chi connectivity index (χ4n) is 4.52. The first-order valence-corrected chi connectivity index (χ1v) is 9.46. The molecule has 2 N–H and O–H groups in total. The van der Waals surface area contributed by atoms with Crippen molar-refractivity contribution in [2.75, 3.05) is 18.4 Å². The predicted octanol–water partition coefficient (Wildman–Crippen LogP) is 4.19. The van der Waals surface area contributed by atoms with Crippen LogP contribution in [0.4, 0.5) is 10.5 Å². The van der Waals surface area contributed by atoms with E-state index in [1.165, 1.54) is 5.56 Å². The Morgan fingerprint density at radius 3 is 2.46 bits per heavy atom. The Hall–Kier alpha value is -2.04. The second kappa shape index (κ2) is 6.93. The SMILES string of the molecule is O=C(Nc1cccc(Cl)c1)N1CC2CC(O)(Cc3ccccc3)CC2C1. The molecular weight excluding hydrogens is 348 g/mol. The van der Waals surface area contributed by atoms with Crippen LogP contribution in [-0.2, 0) is 6.42 Å². The molecule has 2 aliphatic rings. The Balaban J connectivity index is 1.35. The number of likely N-dealkylation sites (tertiary alicyclic amines) is 1. The lowest BCUT2D eigenvalue weighted by atomic mass is 9.91. The first-order chi connectivity index (χ1) is 12.5. The Morgan fingerprint density at radius 2 is 1.81 bits per heavy atom. The highest BCUT2D eigenvalue weighted by molar-refractivity contribution is 6.30. The number of hydrogen-bond acceptors (Lipinski definition) is 2. The van der Waals surface area contributed by atoms with Gasteiger partial charge < -0.3 is 15.3 Å². The van der Waals surface area contributed by atoms with Gasteiger partial charge in [0, 0.05) is 30.2 Å². The lowest BCUT2D eigenvalue weighted by molar-refractivity contribution is 0.0368. The van der Waals surface area contributed by atoms with Crippen LogP contribution in [0.5, 0.6) is 0 Å². The van der Waals surface area contributed by atoms with Gasteiger partial charge in [0.25, 0.3) is 0 Å². The van der Waals surface area contributed by atoms with Crippen molar-refractivity contribution >= 4 is 23.3 Å². The van der Waals surface area contributed by atoms with E-state index in [1.54, 1.807) is 12.1 Å². The van der Waals surface area contributed by atoms with E-state index >= 15 is 0 Å². The molecule has 2 atom stereocenters. The van der Waals surface area contributed by atoms with E-state index in [9.17, 15) is 9.90 Å². The molecule has 1 aliphatic carbocycles. The fraction of sp³-hybridized carbons (Fsp3) is 0.381. The molecule has 1 aliphatic heterocycles. The number of carbonyl (C=O) groups is 1. The molecule has 26 heavy (non-hydrogen) atoms. The Morgan fingerprint density at radius 1 is 1.12 bits per heavy atom. The summed E-state index contributed by atoms with van der Waals surface area (Å²) in [4.78, 5) is 14.4. The van der Waals surface area contributed by atoms with Crippen molar-refractivity contribution in [2.45, 2.75) is 24.9 Å². The smallest absolute Gasteiger partial charge is 0.321 e. The van der Waals surface area contributed by atoms with E-state index in [0.717, 1.165) is 12.8 Å². The number of rotatable bonds is 3. The van der Waals surface area contributed by atoms with Crippen LogP contribution in [0.25, 0.3) is 0 Å². The molecule has 0 radical (unpaired) electrons. The molecule has 5 heteroatoms. The maximum atomic E-state index is 12.5. The van der Waals surface area contributed by atoms with Gasteiger partial charge in [-0.05, 0) is 48.4 Å². The number of nitrogens with zero attached hydrogens (tertiary/aromatic N) is 1. The van der Waals surface area contributed by atoms with Crippen LogP contribution in [0.1, 0.15) is 18.4 Å². The number of hydrogen-bond donors (Lipinski definition) is 2. The van der Waals surface area contributed by atoms with E-state index in [2.05, 4.69) is 17.4 Å². The molecule has 2 unspecified atom stereocenters. The Bertz CT molecular complexity index is 782. The minimum absolute atomic E-state index is 0.0896. The number of carbonyl (C=O) groups excluding carboxylic acids is 1. The lowest BCUT2D eigenvalue weighted by Gasteiger charge is -2.26. The molecule has 0 bridgehead atoms. The van der Waals surface area contributed by atoms with Crippen molar-refractivity contribution in [1.82, 2.24) is 4.90 Å². The Labute approximate surface area is 158 Å². The highest BCUT2D eigenvalue weighted by Crippen LogP contribution is 2.45. The fourth-order valence-corrected chi connectivity index (χ4v) is 4.71. The van der Waals surface area contributed by atoms with Crippen molar-refractivity contribution < 1.29 is 9.90 Å². The summed E-state index contributed by atoms with van der Waals surface area (Å²) < 4.78 is 0. The van der Waals surface area contributed by atoms with Gasteiger partial charge >= 0.3 is 6.03 Å². The monoisotopic (exact) mass is 370 g/mol. The molecule has 2 amide bonds. The van der Waals surface area contributed by atoms with E-state index in [4.69, 9.17) is 11.6 Å². The summed E-state index contributed by atoms with van der Waals surface area (Å²) in [5, 5.41) is 14.5. The summed E-state index contributed by atoms with van der Waals surface area (Å²) >= 11 is 5.97. The van der Waals surface area contributed by atoms with E-state index in [1.807, 2.05) is 35.2 Å². The van der Waals surface area contributed by atoms with Gasteiger partial charge in [-0.2, -0.15) is 0 Å². The maximum absolute atomic E-state index is 12.5. The molecular formula is C21H23ClN2O2. The van der Waals surface area contributed by atoms with Crippen LogP contribution in [0.3, 0.4) is 0 Å². The second-order valence-electron chi connectivity index (χ2n) is 7.66. The molecule has 0 aromatic heterocycles. The third kappa shape index (κ3) is 3.71. The van der Waals surface area contributed by atoms with Gasteiger partial charge in [-0.15, -0.1) is 0 Å². The summed E-state index contributed by atoms with van der Waals surface area (Å²) in [6.45, 7) is 1.41. The molecule has 2 aromatic carbocycles. The molecule has 2 fully saturated rings. The number of benzene rings is 2. The van der Waals surface area contributed by atoms with Crippen LogP contribution < -0.4 is 5.32 Å². The third-order valence-corrected chi connectivity index (χ3v) is 5.83. The summed E-state index contributed by atoms with van der Waals surface area (Å²) in [6, 6.07) is 17.2. The largest absolute Gasteiger partial charge is 0.390 e. The van der Waals surface area contributed by atoms with Crippen LogP contribution in [-0.4, -0.2) is 34.7 Å². The lowest BCUT2D eigenvalue weighted by Crippen LogP contribution is -2.36. The van der Waals surface area contributed by atoms with Crippen molar-refractivity contribution in [3.63, 3.8) is 0 Å². The minimum Gasteiger partial charge on any atom is -0.390 e. The number of halogens is 1. The van der Waals surface area contributed by atoms with Gasteiger partial charge in [-0.25, -0.2) is 4.79 Å². The van der Waals surface area contributed by atoms with E-state index in [-0.39, 0.29) is 6.03 Å². The van der Waals surface area contributed by atoms with Gasteiger partial charge in [0.2, 0.25) is 0 Å². The van der Waals surface area contributed by atoms with Gasteiger partial charge in [0.05, 0.1) is 5.60 Å². The number of urea groups is 1. The Kier molecular flexibility index (Phi) is 4.63. The minimum atomic E-state index is -0.647. The topological polar surface area (TPSA) is 52.6 Å². The number of aliphatic hydroxyl groups is 1. The average molecular weight is 371 g/mol. The first-order valence-electron chi connectivity index (χ1n) is 9.09. The zero-order chi connectivity index (χ0) is 18.1. The average Bonchev–Trinajstić information content (AvgIpc) is 3.10. The van der Waals surface area contributed by atoms with Crippen molar-refractivity contribution in [3.8, 4) is 0 Å². The zero-order valence-corrected chi connectivity index (χ0v) is 15.3. The van der Waals surface area contributed by atoms with Gasteiger partial charge in [-0.1, -0.05) is 48.0 Å². The van der Waals surface area contributed by atoms with Crippen LogP contribution in [0.15, 0.2) is 54.6 Å². The van der Waals surface area contributed by atoms with Crippen LogP contribution >= 0.6 is 11.6 Å². The molecule has 2 aromatic rings. The molecule has 1 saturated carbocycles. The van der Waals surface area contributed by atoms with Crippen molar-refractivity contribution in [1.29, 1.82) is 0 Å². The summed E-state index contributed by atoms with van der Waals surface area (Å²) in [6.07, 6.45) is 2.20. The summed E-state index contributed by atoms with van der Waals surface area (Å²) in [5.74, 6) is 0.739. The molecule has 4 rings (SSSR count). The quantitative estimate of drug-likeness (QED) is 0.851. The number of fused-ring (bicyclic) bond motifs is 1. The molecule has 136 valence electrons. The number of anilines is 1. The summed E-state index contributed by atoms with van der Waals surface area (Å²) in [7, 11) is 0. The number of amides is 2. The summed E-state index contributed by atoms with van der Waals surface area (Å²) in [5.41, 5.74) is 1.23. The molecule has 1 saturated heterocycles. The normalized spacial score (nSPS) is 27.4. The zero-order valence-electron chi connectivity index (χ0n) is 14.6. The highest BCUT2D eigenvalue weighted by atomic mass is 35.5.